The highest BCUT2D eigenvalue weighted by Gasteiger charge is 2.36. The van der Waals surface area contributed by atoms with Crippen LogP contribution >= 0.6 is 0 Å². The van der Waals surface area contributed by atoms with Crippen molar-refractivity contribution in [2.24, 2.45) is 5.92 Å². The molecule has 0 aromatic rings. The van der Waals surface area contributed by atoms with E-state index >= 15 is 0 Å². The third kappa shape index (κ3) is 15.2. The summed E-state index contributed by atoms with van der Waals surface area (Å²) in [5.41, 5.74) is 4.59. The van der Waals surface area contributed by atoms with Gasteiger partial charge in [0.15, 0.2) is 6.10 Å². The van der Waals surface area contributed by atoms with Gasteiger partial charge in [-0.1, -0.05) is 46.6 Å². The Hall–Kier alpha value is -2.71. The van der Waals surface area contributed by atoms with Crippen molar-refractivity contribution in [2.45, 2.75) is 78.7 Å². The summed E-state index contributed by atoms with van der Waals surface area (Å²) in [5.74, 6) is -6.07. The van der Waals surface area contributed by atoms with Crippen molar-refractivity contribution in [2.75, 3.05) is 13.2 Å². The number of carboxylic acids is 3. The molecule has 0 spiro atoms. The Kier molecular flexibility index (Phi) is 16.3. The van der Waals surface area contributed by atoms with Gasteiger partial charge in [-0.05, 0) is 66.2 Å². The van der Waals surface area contributed by atoms with Crippen LogP contribution in [0, 0.1) is 5.92 Å². The zero-order chi connectivity index (χ0) is 26.1. The highest BCUT2D eigenvalue weighted by atomic mass is 16.5. The molecule has 0 aromatic carbocycles. The molecule has 0 aliphatic carbocycles. The van der Waals surface area contributed by atoms with Crippen LogP contribution in [0.3, 0.4) is 0 Å². The number of rotatable bonds is 18. The largest absolute Gasteiger partial charge is 0.481 e. The maximum Gasteiger partial charge on any atom is 0.333 e. The van der Waals surface area contributed by atoms with Gasteiger partial charge < -0.3 is 25.2 Å². The van der Waals surface area contributed by atoms with E-state index < -0.39 is 36.4 Å². The molecule has 0 aliphatic heterocycles. The molecule has 0 saturated carbocycles. The van der Waals surface area contributed by atoms with Crippen molar-refractivity contribution in [3.63, 3.8) is 0 Å². The molecule has 8 nitrogen and oxygen atoms in total. The number of aliphatic hydroxyl groups is 1. The molecule has 0 aliphatic rings. The summed E-state index contributed by atoms with van der Waals surface area (Å²) in [7, 11) is 0. The number of allylic oxidation sites excluding steroid dienone is 6. The Morgan fingerprint density at radius 3 is 1.53 bits per heavy atom. The molecule has 8 heteroatoms. The Morgan fingerprint density at radius 2 is 1.15 bits per heavy atom. The third-order valence-electron chi connectivity index (χ3n) is 5.37. The average Bonchev–Trinajstić information content (AvgIpc) is 2.74. The summed E-state index contributed by atoms with van der Waals surface area (Å²) in [6.07, 6.45) is 11.0. The van der Waals surface area contributed by atoms with E-state index in [1.54, 1.807) is 6.08 Å². The smallest absolute Gasteiger partial charge is 0.333 e. The Balaban J connectivity index is 4.51. The first-order valence-electron chi connectivity index (χ1n) is 11.5. The van der Waals surface area contributed by atoms with E-state index in [1.165, 1.54) is 11.1 Å². The number of carbonyl (C=O) groups is 3. The molecule has 0 bridgehead atoms. The van der Waals surface area contributed by atoms with E-state index in [0.717, 1.165) is 49.7 Å². The molecule has 0 saturated heterocycles. The average molecular weight is 481 g/mol. The van der Waals surface area contributed by atoms with Gasteiger partial charge in [0.05, 0.1) is 19.6 Å². The normalized spacial score (nSPS) is 15.2. The Bertz CT molecular complexity index is 789. The predicted octanol–water partition coefficient (Wildman–Crippen LogP) is 4.75. The molecule has 0 amide bonds. The van der Waals surface area contributed by atoms with E-state index in [4.69, 9.17) is 20.1 Å². The van der Waals surface area contributed by atoms with Gasteiger partial charge in [0.1, 0.15) is 5.92 Å². The van der Waals surface area contributed by atoms with Gasteiger partial charge in [-0.15, -0.1) is 0 Å². The number of hydrogen-bond acceptors (Lipinski definition) is 5. The summed E-state index contributed by atoms with van der Waals surface area (Å²) < 4.78 is 5.19. The molecule has 0 heterocycles. The summed E-state index contributed by atoms with van der Waals surface area (Å²) >= 11 is 0. The van der Waals surface area contributed by atoms with Gasteiger partial charge >= 0.3 is 17.9 Å². The summed E-state index contributed by atoms with van der Waals surface area (Å²) in [4.78, 5) is 33.4. The number of carboxylic acid groups (broad SMARTS) is 3. The predicted molar refractivity (Wildman–Crippen MR) is 131 cm³/mol. The summed E-state index contributed by atoms with van der Waals surface area (Å²) in [5, 5.41) is 36.2. The van der Waals surface area contributed by atoms with E-state index in [1.807, 2.05) is 13.8 Å². The fourth-order valence-corrected chi connectivity index (χ4v) is 3.18. The first-order chi connectivity index (χ1) is 16.0. The molecule has 2 atom stereocenters. The highest BCUT2D eigenvalue weighted by Crippen LogP contribution is 2.16. The van der Waals surface area contributed by atoms with E-state index in [-0.39, 0.29) is 13.2 Å². The Morgan fingerprint density at radius 1 is 0.706 bits per heavy atom. The molecule has 0 aromatic heterocycles. The number of aliphatic carboxylic acids is 3. The molecule has 34 heavy (non-hydrogen) atoms. The topological polar surface area (TPSA) is 141 Å². The third-order valence-corrected chi connectivity index (χ3v) is 5.37. The minimum Gasteiger partial charge on any atom is -0.481 e. The van der Waals surface area contributed by atoms with Crippen LogP contribution in [-0.2, 0) is 19.1 Å². The van der Waals surface area contributed by atoms with Crippen LogP contribution in [0.4, 0.5) is 0 Å². The van der Waals surface area contributed by atoms with Gasteiger partial charge in [-0.25, -0.2) is 4.79 Å². The van der Waals surface area contributed by atoms with Gasteiger partial charge in [-0.2, -0.15) is 0 Å². The van der Waals surface area contributed by atoms with Crippen LogP contribution in [0.25, 0.3) is 0 Å². The van der Waals surface area contributed by atoms with Crippen molar-refractivity contribution >= 4 is 17.9 Å². The monoisotopic (exact) mass is 480 g/mol. The van der Waals surface area contributed by atoms with Crippen LogP contribution in [0.15, 0.2) is 46.6 Å². The SMILES string of the molecule is CC(=CCCC(C)=CCCC(C)=CCCC(C)=CCOC(C(=O)O)C(CC(=O)O)C(=O)O)CO. The Labute approximate surface area is 202 Å². The van der Waals surface area contributed by atoms with Crippen LogP contribution in [-0.4, -0.2) is 57.7 Å². The molecule has 0 radical (unpaired) electrons. The van der Waals surface area contributed by atoms with E-state index in [0.29, 0.717) is 0 Å². The minimum atomic E-state index is -1.73. The fraction of sp³-hybridized carbons (Fsp3) is 0.577. The van der Waals surface area contributed by atoms with Crippen molar-refractivity contribution in [3.8, 4) is 0 Å². The lowest BCUT2D eigenvalue weighted by Crippen LogP contribution is -2.38. The molecular formula is C26H40O8. The van der Waals surface area contributed by atoms with Crippen molar-refractivity contribution in [1.82, 2.24) is 0 Å². The molecule has 0 rings (SSSR count). The van der Waals surface area contributed by atoms with Crippen LogP contribution in [0.2, 0.25) is 0 Å². The number of ether oxygens (including phenoxy) is 1. The van der Waals surface area contributed by atoms with Crippen LogP contribution in [0.1, 0.15) is 72.6 Å². The van der Waals surface area contributed by atoms with Gasteiger partial charge in [0.2, 0.25) is 0 Å². The van der Waals surface area contributed by atoms with Crippen molar-refractivity contribution < 1.29 is 39.5 Å². The quantitative estimate of drug-likeness (QED) is 0.206. The molecule has 4 N–H and O–H groups in total. The van der Waals surface area contributed by atoms with Gasteiger partial charge in [0, 0.05) is 0 Å². The maximum absolute atomic E-state index is 11.3. The number of hydrogen-bond donors (Lipinski definition) is 4. The lowest BCUT2D eigenvalue weighted by atomic mass is 9.98. The molecular weight excluding hydrogens is 440 g/mol. The lowest BCUT2D eigenvalue weighted by Gasteiger charge is -2.18. The summed E-state index contributed by atoms with van der Waals surface area (Å²) in [6, 6.07) is 0. The van der Waals surface area contributed by atoms with Crippen LogP contribution in [0.5, 0.6) is 0 Å². The first kappa shape index (κ1) is 31.3. The molecule has 2 unspecified atom stereocenters. The van der Waals surface area contributed by atoms with Crippen LogP contribution < -0.4 is 0 Å². The lowest BCUT2D eigenvalue weighted by molar-refractivity contribution is -0.165. The van der Waals surface area contributed by atoms with Crippen molar-refractivity contribution in [1.29, 1.82) is 0 Å². The van der Waals surface area contributed by atoms with E-state index in [2.05, 4.69) is 32.1 Å². The van der Waals surface area contributed by atoms with Crippen molar-refractivity contribution in [3.05, 3.63) is 46.6 Å². The highest BCUT2D eigenvalue weighted by molar-refractivity contribution is 5.85. The molecule has 192 valence electrons. The number of aliphatic hydroxyl groups excluding tert-OH is 1. The molecule has 0 fully saturated rings. The second-order valence-electron chi connectivity index (χ2n) is 8.61. The fourth-order valence-electron chi connectivity index (χ4n) is 3.18. The minimum absolute atomic E-state index is 0.105. The second-order valence-corrected chi connectivity index (χ2v) is 8.61. The van der Waals surface area contributed by atoms with Gasteiger partial charge in [-0.3, -0.25) is 9.59 Å². The zero-order valence-electron chi connectivity index (χ0n) is 20.7. The van der Waals surface area contributed by atoms with Gasteiger partial charge in [0.25, 0.3) is 0 Å². The first-order valence-corrected chi connectivity index (χ1v) is 11.5. The van der Waals surface area contributed by atoms with E-state index in [9.17, 15) is 19.5 Å². The summed E-state index contributed by atoms with van der Waals surface area (Å²) in [6.45, 7) is 8.01. The zero-order valence-corrected chi connectivity index (χ0v) is 20.7. The standard InChI is InChI=1S/C26H40O8/c1-18(8-5-9-19(2)11-7-13-21(4)17-27)10-6-12-20(3)14-15-34-24(26(32)33)22(25(30)31)16-23(28)29/h9-10,13-14,22,24,27H,5-8,11-12,15-17H2,1-4H3,(H,28,29)(H,30,31)(H,32,33). The second kappa shape index (κ2) is 17.7. The maximum atomic E-state index is 11.3.